The fraction of sp³-hybridized carbons (Fsp3) is 0.429. The smallest absolute Gasteiger partial charge is 0.210 e. The van der Waals surface area contributed by atoms with Crippen LogP contribution in [-0.4, -0.2) is 30.9 Å². The number of rotatable bonds is 3. The summed E-state index contributed by atoms with van der Waals surface area (Å²) in [5, 5.41) is 10.5. The van der Waals surface area contributed by atoms with Gasteiger partial charge in [0, 0.05) is 18.1 Å². The van der Waals surface area contributed by atoms with Crippen LogP contribution in [0.25, 0.3) is 0 Å². The van der Waals surface area contributed by atoms with Gasteiger partial charge in [-0.2, -0.15) is 0 Å². The number of aliphatic hydroxyl groups is 1. The van der Waals surface area contributed by atoms with Gasteiger partial charge in [-0.15, -0.1) is 0 Å². The van der Waals surface area contributed by atoms with E-state index in [9.17, 15) is 14.7 Å². The maximum atomic E-state index is 12.0. The summed E-state index contributed by atoms with van der Waals surface area (Å²) in [6, 6.07) is 3.28. The number of fused-ring (bicyclic) bond motifs is 1. The largest absolute Gasteiger partial charge is 0.497 e. The summed E-state index contributed by atoms with van der Waals surface area (Å²) < 4.78 is 10.4. The molecule has 1 aliphatic rings. The van der Waals surface area contributed by atoms with Crippen molar-refractivity contribution in [1.29, 1.82) is 0 Å². The van der Waals surface area contributed by atoms with Crippen LogP contribution in [0, 0.1) is 0 Å². The van der Waals surface area contributed by atoms with Crippen LogP contribution in [0.1, 0.15) is 24.5 Å². The Hall–Kier alpha value is -1.88. The van der Waals surface area contributed by atoms with Crippen LogP contribution in [-0.2, 0) is 21.6 Å². The highest BCUT2D eigenvalue weighted by atomic mass is 16.5. The van der Waals surface area contributed by atoms with E-state index in [1.54, 1.807) is 12.1 Å². The van der Waals surface area contributed by atoms with Gasteiger partial charge >= 0.3 is 0 Å². The lowest BCUT2D eigenvalue weighted by Gasteiger charge is -2.32. The van der Waals surface area contributed by atoms with E-state index < -0.39 is 17.2 Å². The molecule has 1 aliphatic carbocycles. The summed E-state index contributed by atoms with van der Waals surface area (Å²) in [6.07, 6.45) is 0.580. The number of hydrogen-bond acceptors (Lipinski definition) is 5. The third kappa shape index (κ3) is 1.90. The Balaban J connectivity index is 2.74. The van der Waals surface area contributed by atoms with Gasteiger partial charge in [-0.1, -0.05) is 0 Å². The minimum absolute atomic E-state index is 0.124. The summed E-state index contributed by atoms with van der Waals surface area (Å²) in [4.78, 5) is 23.7. The predicted octanol–water partition coefficient (Wildman–Crippen LogP) is 0.996. The molecule has 19 heavy (non-hydrogen) atoms. The van der Waals surface area contributed by atoms with Crippen molar-refractivity contribution in [3.05, 3.63) is 23.3 Å². The van der Waals surface area contributed by atoms with Crippen LogP contribution >= 0.6 is 0 Å². The third-order valence-electron chi connectivity index (χ3n) is 3.51. The molecule has 1 aromatic rings. The van der Waals surface area contributed by atoms with E-state index in [1.165, 1.54) is 21.1 Å². The highest BCUT2D eigenvalue weighted by Gasteiger charge is 2.48. The van der Waals surface area contributed by atoms with Crippen LogP contribution in [0.15, 0.2) is 12.1 Å². The molecule has 0 aliphatic heterocycles. The van der Waals surface area contributed by atoms with E-state index in [1.807, 2.05) is 0 Å². The maximum Gasteiger partial charge on any atom is 0.210 e. The number of ether oxygens (including phenoxy) is 2. The highest BCUT2D eigenvalue weighted by molar-refractivity contribution is 6.11. The lowest BCUT2D eigenvalue weighted by Crippen LogP contribution is -2.46. The first-order chi connectivity index (χ1) is 8.94. The Bertz CT molecular complexity index is 532. The van der Waals surface area contributed by atoms with Crippen LogP contribution < -0.4 is 9.47 Å². The molecule has 5 heteroatoms. The summed E-state index contributed by atoms with van der Waals surface area (Å²) >= 11 is 0. The van der Waals surface area contributed by atoms with Gasteiger partial charge < -0.3 is 14.6 Å². The minimum atomic E-state index is -2.11. The van der Waals surface area contributed by atoms with E-state index in [4.69, 9.17) is 9.47 Å². The molecule has 1 atom stereocenters. The molecule has 0 bridgehead atoms. The molecule has 0 heterocycles. The van der Waals surface area contributed by atoms with Gasteiger partial charge in [0.25, 0.3) is 0 Å². The number of Topliss-reactive ketones (excluding diaryl/α,β-unsaturated/α-hetero) is 2. The van der Waals surface area contributed by atoms with Crippen LogP contribution in [0.4, 0.5) is 0 Å². The number of carbonyl (C=O) groups is 2. The maximum absolute atomic E-state index is 12.0. The van der Waals surface area contributed by atoms with E-state index in [2.05, 4.69) is 0 Å². The molecule has 0 fully saturated rings. The van der Waals surface area contributed by atoms with E-state index in [0.717, 1.165) is 0 Å². The molecule has 0 aromatic heterocycles. The molecule has 0 spiro atoms. The fourth-order valence-corrected chi connectivity index (χ4v) is 2.47. The van der Waals surface area contributed by atoms with Crippen LogP contribution in [0.2, 0.25) is 0 Å². The second-order valence-corrected chi connectivity index (χ2v) is 4.55. The lowest BCUT2D eigenvalue weighted by molar-refractivity contribution is -0.151. The minimum Gasteiger partial charge on any atom is -0.497 e. The zero-order valence-corrected chi connectivity index (χ0v) is 11.1. The molecule has 1 unspecified atom stereocenters. The number of benzene rings is 1. The average molecular weight is 264 g/mol. The molecular formula is C14H16O5. The van der Waals surface area contributed by atoms with E-state index in [0.29, 0.717) is 23.5 Å². The first kappa shape index (κ1) is 13.5. The zero-order chi connectivity index (χ0) is 14.2. The van der Waals surface area contributed by atoms with Crippen LogP contribution in [0.5, 0.6) is 11.5 Å². The lowest BCUT2D eigenvalue weighted by atomic mass is 9.75. The molecule has 1 aromatic carbocycles. The van der Waals surface area contributed by atoms with Crippen molar-refractivity contribution in [1.82, 2.24) is 0 Å². The first-order valence-corrected chi connectivity index (χ1v) is 5.97. The van der Waals surface area contributed by atoms with Gasteiger partial charge in [0.15, 0.2) is 11.6 Å². The fourth-order valence-electron chi connectivity index (χ4n) is 2.47. The van der Waals surface area contributed by atoms with Gasteiger partial charge in [-0.3, -0.25) is 9.59 Å². The number of carbonyl (C=O) groups excluding carboxylic acids is 2. The third-order valence-corrected chi connectivity index (χ3v) is 3.51. The Morgan fingerprint density at radius 2 is 1.95 bits per heavy atom. The zero-order valence-electron chi connectivity index (χ0n) is 11.1. The summed E-state index contributed by atoms with van der Waals surface area (Å²) in [5.41, 5.74) is -1.15. The number of aryl methyl sites for hydroxylation is 1. The monoisotopic (exact) mass is 264 g/mol. The predicted molar refractivity (Wildman–Crippen MR) is 67.5 cm³/mol. The normalized spacial score (nSPS) is 21.8. The molecule has 0 saturated carbocycles. The first-order valence-electron chi connectivity index (χ1n) is 5.97. The Labute approximate surface area is 111 Å². The molecule has 102 valence electrons. The highest BCUT2D eigenvalue weighted by Crippen LogP contribution is 2.42. The summed E-state index contributed by atoms with van der Waals surface area (Å²) in [7, 11) is 2.95. The SMILES string of the molecule is COc1cc2c(c(OC)c1)C(O)(C(C)=O)C(=O)CC2. The average Bonchev–Trinajstić information content (AvgIpc) is 2.41. The van der Waals surface area contributed by atoms with Crippen molar-refractivity contribution in [2.75, 3.05) is 14.2 Å². The molecule has 0 amide bonds. The van der Waals surface area contributed by atoms with Crippen molar-refractivity contribution in [2.24, 2.45) is 0 Å². The van der Waals surface area contributed by atoms with Crippen molar-refractivity contribution in [2.45, 2.75) is 25.4 Å². The molecule has 0 radical (unpaired) electrons. The van der Waals surface area contributed by atoms with Gasteiger partial charge in [0.05, 0.1) is 14.2 Å². The van der Waals surface area contributed by atoms with Gasteiger partial charge in [0.1, 0.15) is 11.5 Å². The van der Waals surface area contributed by atoms with Crippen molar-refractivity contribution in [3.63, 3.8) is 0 Å². The van der Waals surface area contributed by atoms with Gasteiger partial charge in [-0.25, -0.2) is 0 Å². The van der Waals surface area contributed by atoms with Crippen molar-refractivity contribution < 1.29 is 24.2 Å². The van der Waals surface area contributed by atoms with Crippen molar-refractivity contribution >= 4 is 11.6 Å². The van der Waals surface area contributed by atoms with E-state index in [-0.39, 0.29) is 12.0 Å². The van der Waals surface area contributed by atoms with Crippen molar-refractivity contribution in [3.8, 4) is 11.5 Å². The number of methoxy groups -OCH3 is 2. The van der Waals surface area contributed by atoms with Gasteiger partial charge in [-0.05, 0) is 25.0 Å². The number of ketones is 2. The second-order valence-electron chi connectivity index (χ2n) is 4.55. The molecular weight excluding hydrogens is 248 g/mol. The Morgan fingerprint density at radius 1 is 1.26 bits per heavy atom. The quantitative estimate of drug-likeness (QED) is 0.824. The van der Waals surface area contributed by atoms with Gasteiger partial charge in [0.2, 0.25) is 5.60 Å². The Kier molecular flexibility index (Phi) is 3.32. The second kappa shape index (κ2) is 4.66. The van der Waals surface area contributed by atoms with Crippen LogP contribution in [0.3, 0.4) is 0 Å². The standard InChI is InChI=1S/C14H16O5/c1-8(15)14(17)12(16)5-4-9-6-10(18-2)7-11(19-3)13(9)14/h6-7,17H,4-5H2,1-3H3. The van der Waals surface area contributed by atoms with E-state index >= 15 is 0 Å². The summed E-state index contributed by atoms with van der Waals surface area (Å²) in [6.45, 7) is 1.21. The Morgan fingerprint density at radius 3 is 2.47 bits per heavy atom. The topological polar surface area (TPSA) is 72.8 Å². The number of hydrogen-bond donors (Lipinski definition) is 1. The molecule has 1 N–H and O–H groups in total. The molecule has 5 nitrogen and oxygen atoms in total. The molecule has 2 rings (SSSR count). The molecule has 0 saturated heterocycles. The summed E-state index contributed by atoms with van der Waals surface area (Å²) in [5.74, 6) is -0.228.